The van der Waals surface area contributed by atoms with E-state index < -0.39 is 23.7 Å². The number of benzene rings is 1. The van der Waals surface area contributed by atoms with Crippen LogP contribution in [0.2, 0.25) is 0 Å². The number of hydrogen-bond acceptors (Lipinski definition) is 2. The summed E-state index contributed by atoms with van der Waals surface area (Å²) in [4.78, 5) is 22.5. The summed E-state index contributed by atoms with van der Waals surface area (Å²) in [6.45, 7) is 2.82. The van der Waals surface area contributed by atoms with Gasteiger partial charge in [0.05, 0.1) is 11.6 Å². The molecule has 1 N–H and O–H groups in total. The minimum Gasteiger partial charge on any atom is -0.343 e. The van der Waals surface area contributed by atoms with E-state index in [4.69, 9.17) is 0 Å². The maximum absolute atomic E-state index is 12.3. The van der Waals surface area contributed by atoms with E-state index in [0.29, 0.717) is 0 Å². The molecule has 98 valence electrons. The zero-order valence-electron chi connectivity index (χ0n) is 9.84. The third-order valence-electron chi connectivity index (χ3n) is 2.43. The fraction of sp³-hybridized carbons (Fsp3) is 0.333. The summed E-state index contributed by atoms with van der Waals surface area (Å²) in [7, 11) is 0. The third-order valence-corrected chi connectivity index (χ3v) is 2.43. The molecule has 0 saturated heterocycles. The Morgan fingerprint density at radius 3 is 2.06 bits per heavy atom. The molecule has 0 aliphatic heterocycles. The first-order chi connectivity index (χ1) is 8.21. The molecule has 1 unspecified atom stereocenters. The standard InChI is InChI=1S/C12H12F3NO2/c1-7(8(2)17)16-11(18)9-3-5-10(6-4-9)12(13,14)15/h3-7H,1-2H3,(H,16,18). The molecule has 1 aromatic carbocycles. The number of amides is 1. The predicted molar refractivity (Wildman–Crippen MR) is 59.1 cm³/mol. The SMILES string of the molecule is CC(=O)C(C)NC(=O)c1ccc(C(F)(F)F)cc1. The molecular formula is C12H12F3NO2. The zero-order chi connectivity index (χ0) is 13.9. The quantitative estimate of drug-likeness (QED) is 0.906. The van der Waals surface area contributed by atoms with Gasteiger partial charge in [-0.2, -0.15) is 13.2 Å². The van der Waals surface area contributed by atoms with E-state index in [1.807, 2.05) is 0 Å². The number of carbonyl (C=O) groups is 2. The number of ketones is 1. The maximum Gasteiger partial charge on any atom is 0.416 e. The molecule has 18 heavy (non-hydrogen) atoms. The molecule has 3 nitrogen and oxygen atoms in total. The number of halogens is 3. The van der Waals surface area contributed by atoms with Gasteiger partial charge in [0.15, 0.2) is 5.78 Å². The zero-order valence-corrected chi connectivity index (χ0v) is 9.84. The molecule has 1 amide bonds. The van der Waals surface area contributed by atoms with E-state index in [-0.39, 0.29) is 11.3 Å². The second kappa shape index (κ2) is 5.20. The van der Waals surface area contributed by atoms with Crippen molar-refractivity contribution >= 4 is 11.7 Å². The highest BCUT2D eigenvalue weighted by Gasteiger charge is 2.30. The second-order valence-electron chi connectivity index (χ2n) is 3.88. The Balaban J connectivity index is 2.80. The number of rotatable bonds is 3. The first kappa shape index (κ1) is 14.2. The molecule has 1 aromatic rings. The molecule has 0 aromatic heterocycles. The van der Waals surface area contributed by atoms with Crippen LogP contribution in [0.5, 0.6) is 0 Å². The monoisotopic (exact) mass is 259 g/mol. The molecular weight excluding hydrogens is 247 g/mol. The van der Waals surface area contributed by atoms with Crippen molar-refractivity contribution in [1.82, 2.24) is 5.32 Å². The van der Waals surface area contributed by atoms with E-state index in [2.05, 4.69) is 5.32 Å². The molecule has 0 aliphatic rings. The number of carbonyl (C=O) groups excluding carboxylic acids is 2. The Morgan fingerprint density at radius 1 is 1.17 bits per heavy atom. The van der Waals surface area contributed by atoms with Gasteiger partial charge in [0.25, 0.3) is 5.91 Å². The van der Waals surface area contributed by atoms with E-state index in [9.17, 15) is 22.8 Å². The van der Waals surface area contributed by atoms with Gasteiger partial charge in [-0.15, -0.1) is 0 Å². The van der Waals surface area contributed by atoms with Crippen LogP contribution in [-0.4, -0.2) is 17.7 Å². The normalized spacial score (nSPS) is 12.9. The van der Waals surface area contributed by atoms with Gasteiger partial charge in [0, 0.05) is 5.56 Å². The van der Waals surface area contributed by atoms with Gasteiger partial charge in [-0.3, -0.25) is 9.59 Å². The number of hydrogen-bond donors (Lipinski definition) is 1. The van der Waals surface area contributed by atoms with Crippen molar-refractivity contribution in [1.29, 1.82) is 0 Å². The molecule has 6 heteroatoms. The third kappa shape index (κ3) is 3.58. The Kier molecular flexibility index (Phi) is 4.11. The first-order valence-electron chi connectivity index (χ1n) is 5.20. The lowest BCUT2D eigenvalue weighted by Crippen LogP contribution is -2.37. The highest BCUT2D eigenvalue weighted by atomic mass is 19.4. The summed E-state index contributed by atoms with van der Waals surface area (Å²) in [6, 6.07) is 3.14. The smallest absolute Gasteiger partial charge is 0.343 e. The molecule has 0 spiro atoms. The van der Waals surface area contributed by atoms with Crippen LogP contribution >= 0.6 is 0 Å². The van der Waals surface area contributed by atoms with Crippen LogP contribution in [-0.2, 0) is 11.0 Å². The van der Waals surface area contributed by atoms with Crippen molar-refractivity contribution in [2.24, 2.45) is 0 Å². The Morgan fingerprint density at radius 2 is 1.67 bits per heavy atom. The molecule has 1 rings (SSSR count). The fourth-order valence-electron chi connectivity index (χ4n) is 1.19. The first-order valence-corrected chi connectivity index (χ1v) is 5.20. The largest absolute Gasteiger partial charge is 0.416 e. The van der Waals surface area contributed by atoms with Gasteiger partial charge in [0.1, 0.15) is 0 Å². The number of Topliss-reactive ketones (excluding diaryl/α,β-unsaturated/α-hetero) is 1. The molecule has 0 aliphatic carbocycles. The van der Waals surface area contributed by atoms with Crippen LogP contribution in [0.4, 0.5) is 13.2 Å². The van der Waals surface area contributed by atoms with Crippen molar-refractivity contribution in [3.8, 4) is 0 Å². The van der Waals surface area contributed by atoms with Crippen molar-refractivity contribution < 1.29 is 22.8 Å². The summed E-state index contributed by atoms with van der Waals surface area (Å²) in [5, 5.41) is 2.38. The minimum atomic E-state index is -4.43. The lowest BCUT2D eigenvalue weighted by Gasteiger charge is -2.11. The minimum absolute atomic E-state index is 0.0797. The van der Waals surface area contributed by atoms with Crippen LogP contribution in [0.1, 0.15) is 29.8 Å². The number of alkyl halides is 3. The lowest BCUT2D eigenvalue weighted by atomic mass is 10.1. The molecule has 0 bridgehead atoms. The van der Waals surface area contributed by atoms with Crippen LogP contribution in [0.3, 0.4) is 0 Å². The van der Waals surface area contributed by atoms with Crippen molar-refractivity contribution in [2.75, 3.05) is 0 Å². The van der Waals surface area contributed by atoms with Gasteiger partial charge >= 0.3 is 6.18 Å². The van der Waals surface area contributed by atoms with E-state index in [1.54, 1.807) is 0 Å². The van der Waals surface area contributed by atoms with Crippen LogP contribution in [0, 0.1) is 0 Å². The van der Waals surface area contributed by atoms with Crippen LogP contribution < -0.4 is 5.32 Å². The summed E-state index contributed by atoms with van der Waals surface area (Å²) in [5.74, 6) is -0.804. The molecule has 0 saturated carbocycles. The van der Waals surface area contributed by atoms with Gasteiger partial charge < -0.3 is 5.32 Å². The Labute approximate surface area is 102 Å². The van der Waals surface area contributed by atoms with E-state index in [1.165, 1.54) is 13.8 Å². The van der Waals surface area contributed by atoms with Crippen molar-refractivity contribution in [3.05, 3.63) is 35.4 Å². The average molecular weight is 259 g/mol. The Hall–Kier alpha value is -1.85. The molecule has 1 atom stereocenters. The number of nitrogens with one attached hydrogen (secondary N) is 1. The summed E-state index contributed by atoms with van der Waals surface area (Å²) in [6.07, 6.45) is -4.43. The molecule has 0 radical (unpaired) electrons. The molecule has 0 fully saturated rings. The van der Waals surface area contributed by atoms with Gasteiger partial charge in [-0.25, -0.2) is 0 Å². The second-order valence-corrected chi connectivity index (χ2v) is 3.88. The van der Waals surface area contributed by atoms with Crippen molar-refractivity contribution in [2.45, 2.75) is 26.1 Å². The van der Waals surface area contributed by atoms with E-state index in [0.717, 1.165) is 24.3 Å². The van der Waals surface area contributed by atoms with Crippen molar-refractivity contribution in [3.63, 3.8) is 0 Å². The topological polar surface area (TPSA) is 46.2 Å². The lowest BCUT2D eigenvalue weighted by molar-refractivity contribution is -0.137. The maximum atomic E-state index is 12.3. The van der Waals surface area contributed by atoms with Gasteiger partial charge in [0.2, 0.25) is 0 Å². The molecule has 0 heterocycles. The highest BCUT2D eigenvalue weighted by molar-refractivity contribution is 5.97. The summed E-state index contributed by atoms with van der Waals surface area (Å²) >= 11 is 0. The predicted octanol–water partition coefficient (Wildman–Crippen LogP) is 2.41. The van der Waals surface area contributed by atoms with Gasteiger partial charge in [-0.1, -0.05) is 0 Å². The van der Waals surface area contributed by atoms with E-state index >= 15 is 0 Å². The summed E-state index contributed by atoms with van der Waals surface area (Å²) < 4.78 is 36.9. The van der Waals surface area contributed by atoms with Gasteiger partial charge in [-0.05, 0) is 38.1 Å². The Bertz CT molecular complexity index is 451. The fourth-order valence-corrected chi connectivity index (χ4v) is 1.19. The van der Waals surface area contributed by atoms with Crippen LogP contribution in [0.25, 0.3) is 0 Å². The summed E-state index contributed by atoms with van der Waals surface area (Å²) in [5.41, 5.74) is -0.741. The van der Waals surface area contributed by atoms with Crippen LogP contribution in [0.15, 0.2) is 24.3 Å². The highest BCUT2D eigenvalue weighted by Crippen LogP contribution is 2.29. The average Bonchev–Trinajstić information content (AvgIpc) is 2.27.